The lowest BCUT2D eigenvalue weighted by molar-refractivity contribution is 0.642. The van der Waals surface area contributed by atoms with Gasteiger partial charge in [-0.25, -0.2) is 20.0 Å². The van der Waals surface area contributed by atoms with E-state index in [4.69, 9.17) is 23.2 Å². The predicted molar refractivity (Wildman–Crippen MR) is 116 cm³/mol. The third-order valence-corrected chi connectivity index (χ3v) is 4.21. The van der Waals surface area contributed by atoms with E-state index in [1.165, 1.54) is 0 Å². The summed E-state index contributed by atoms with van der Waals surface area (Å²) >= 11 is 12.8. The number of aliphatic imine (C=N–C) groups is 2. The Labute approximate surface area is 173 Å². The van der Waals surface area contributed by atoms with Crippen LogP contribution in [0.1, 0.15) is 0 Å². The van der Waals surface area contributed by atoms with Crippen LogP contribution >= 0.6 is 23.2 Å². The van der Waals surface area contributed by atoms with Crippen molar-refractivity contribution in [1.29, 1.82) is 0 Å². The van der Waals surface area contributed by atoms with E-state index in [1.54, 1.807) is 42.0 Å². The average Bonchev–Trinajstić information content (AvgIpc) is 2.64. The molecule has 28 heavy (non-hydrogen) atoms. The van der Waals surface area contributed by atoms with E-state index in [1.807, 2.05) is 39.2 Å². The summed E-state index contributed by atoms with van der Waals surface area (Å²) in [6.45, 7) is 0. The monoisotopic (exact) mass is 415 g/mol. The molecule has 2 heterocycles. The first-order valence-electron chi connectivity index (χ1n) is 8.38. The Hall–Kier alpha value is -2.77. The van der Waals surface area contributed by atoms with Crippen molar-refractivity contribution < 1.29 is 0 Å². The first-order valence-corrected chi connectivity index (χ1v) is 9.14. The van der Waals surface area contributed by atoms with Gasteiger partial charge in [-0.1, -0.05) is 29.3 Å². The van der Waals surface area contributed by atoms with Crippen molar-refractivity contribution in [3.63, 3.8) is 0 Å². The van der Waals surface area contributed by atoms with E-state index >= 15 is 0 Å². The molecule has 0 atom stereocenters. The highest BCUT2D eigenvalue weighted by Gasteiger charge is 2.16. The number of rotatable bonds is 5. The number of fused-ring (bicyclic) bond motifs is 1. The zero-order chi connectivity index (χ0) is 20.3. The summed E-state index contributed by atoms with van der Waals surface area (Å²) in [6, 6.07) is 7.24. The highest BCUT2D eigenvalue weighted by atomic mass is 35.5. The lowest BCUT2D eigenvalue weighted by Crippen LogP contribution is -2.07. The molecule has 1 aromatic carbocycles. The number of hydrogen-bond acceptors (Lipinski definition) is 5. The van der Waals surface area contributed by atoms with Crippen LogP contribution in [-0.4, -0.2) is 65.6 Å². The smallest absolute Gasteiger partial charge is 0.252 e. The van der Waals surface area contributed by atoms with Gasteiger partial charge in [-0.3, -0.25) is 0 Å². The third-order valence-electron chi connectivity index (χ3n) is 3.58. The minimum absolute atomic E-state index is 0.319. The van der Waals surface area contributed by atoms with Crippen molar-refractivity contribution in [3.8, 4) is 11.1 Å². The number of nitrogens with zero attached hydrogens (tertiary/aromatic N) is 7. The summed E-state index contributed by atoms with van der Waals surface area (Å²) < 4.78 is 0. The second kappa shape index (κ2) is 8.50. The van der Waals surface area contributed by atoms with Gasteiger partial charge in [0.25, 0.3) is 5.95 Å². The fourth-order valence-electron chi connectivity index (χ4n) is 2.38. The van der Waals surface area contributed by atoms with Crippen molar-refractivity contribution in [1.82, 2.24) is 24.8 Å². The molecule has 0 amide bonds. The number of hydrogen-bond donors (Lipinski definition) is 0. The zero-order valence-corrected chi connectivity index (χ0v) is 17.4. The average molecular weight is 416 g/mol. The lowest BCUT2D eigenvalue weighted by atomic mass is 10.1. The molecule has 9 heteroatoms. The number of halogens is 2. The van der Waals surface area contributed by atoms with Crippen molar-refractivity contribution in [2.45, 2.75) is 0 Å². The fourth-order valence-corrected chi connectivity index (χ4v) is 2.98. The molecule has 0 bridgehead atoms. The summed E-state index contributed by atoms with van der Waals surface area (Å²) in [5, 5.41) is 1.77. The fraction of sp³-hybridized carbons (Fsp3) is 0.211. The molecule has 0 spiro atoms. The van der Waals surface area contributed by atoms with Gasteiger partial charge in [0.15, 0.2) is 11.5 Å². The van der Waals surface area contributed by atoms with Gasteiger partial charge >= 0.3 is 0 Å². The Morgan fingerprint density at radius 3 is 2.21 bits per heavy atom. The standard InChI is InChI=1S/C19H19Cl2N7/c1-27(2)10-23-18-13(16-14(20)6-5-7-15(16)21)8-12-9-22-19(24-11-28(3)4)26-17(12)25-18/h5-11H,1-4H3/b23-10+,24-11-. The molecule has 0 radical (unpaired) electrons. The van der Waals surface area contributed by atoms with Crippen LogP contribution in [0.3, 0.4) is 0 Å². The van der Waals surface area contributed by atoms with Crippen LogP contribution in [0.25, 0.3) is 22.2 Å². The van der Waals surface area contributed by atoms with Crippen LogP contribution in [0.15, 0.2) is 40.4 Å². The lowest BCUT2D eigenvalue weighted by Gasteiger charge is -2.11. The second-order valence-corrected chi connectivity index (χ2v) is 7.27. The van der Waals surface area contributed by atoms with E-state index in [0.717, 1.165) is 5.39 Å². The van der Waals surface area contributed by atoms with Gasteiger partial charge in [0.05, 0.1) is 22.7 Å². The van der Waals surface area contributed by atoms with Gasteiger partial charge in [-0.15, -0.1) is 0 Å². The Morgan fingerprint density at radius 1 is 0.929 bits per heavy atom. The van der Waals surface area contributed by atoms with Crippen LogP contribution in [0, 0.1) is 0 Å². The topological polar surface area (TPSA) is 69.9 Å². The highest BCUT2D eigenvalue weighted by Crippen LogP contribution is 2.40. The van der Waals surface area contributed by atoms with Crippen molar-refractivity contribution in [2.75, 3.05) is 28.2 Å². The van der Waals surface area contributed by atoms with Crippen LogP contribution < -0.4 is 0 Å². The summed E-state index contributed by atoms with van der Waals surface area (Å²) in [6.07, 6.45) is 4.96. The number of aromatic nitrogens is 3. The third kappa shape index (κ3) is 4.55. The summed E-state index contributed by atoms with van der Waals surface area (Å²) in [4.78, 5) is 25.6. The van der Waals surface area contributed by atoms with Crippen LogP contribution in [-0.2, 0) is 0 Å². The van der Waals surface area contributed by atoms with Gasteiger partial charge in [0, 0.05) is 50.9 Å². The van der Waals surface area contributed by atoms with E-state index in [0.29, 0.717) is 38.6 Å². The Bertz CT molecular complexity index is 1040. The molecule has 0 aliphatic carbocycles. The Morgan fingerprint density at radius 2 is 1.57 bits per heavy atom. The number of pyridine rings is 1. The first kappa shape index (κ1) is 20.0. The summed E-state index contributed by atoms with van der Waals surface area (Å²) in [5.74, 6) is 0.775. The molecule has 0 aliphatic heterocycles. The van der Waals surface area contributed by atoms with Crippen LogP contribution in [0.5, 0.6) is 0 Å². The molecule has 144 valence electrons. The predicted octanol–water partition coefficient (Wildman–Crippen LogP) is 4.44. The maximum Gasteiger partial charge on any atom is 0.252 e. The maximum absolute atomic E-state index is 6.42. The minimum atomic E-state index is 0.319. The van der Waals surface area contributed by atoms with Gasteiger partial charge < -0.3 is 9.80 Å². The molecule has 2 aromatic heterocycles. The molecule has 7 nitrogen and oxygen atoms in total. The molecule has 0 saturated carbocycles. The molecular formula is C19H19Cl2N7. The first-order chi connectivity index (χ1) is 13.3. The van der Waals surface area contributed by atoms with Gasteiger partial charge in [0.1, 0.15) is 0 Å². The van der Waals surface area contributed by atoms with E-state index in [2.05, 4.69) is 24.9 Å². The van der Waals surface area contributed by atoms with Crippen molar-refractivity contribution >= 4 is 58.7 Å². The molecule has 0 unspecified atom stereocenters. The van der Waals surface area contributed by atoms with Crippen LogP contribution in [0.4, 0.5) is 11.8 Å². The molecule has 0 N–H and O–H groups in total. The minimum Gasteiger partial charge on any atom is -0.369 e. The van der Waals surface area contributed by atoms with Crippen LogP contribution in [0.2, 0.25) is 10.0 Å². The number of benzene rings is 1. The van der Waals surface area contributed by atoms with E-state index < -0.39 is 0 Å². The van der Waals surface area contributed by atoms with Gasteiger partial charge in [0.2, 0.25) is 0 Å². The summed E-state index contributed by atoms with van der Waals surface area (Å²) in [7, 11) is 7.50. The molecule has 3 aromatic rings. The SMILES string of the molecule is CN(C)/C=N\c1ncc2cc(-c3c(Cl)cccc3Cl)c(/N=C/N(C)C)nc2n1. The summed E-state index contributed by atoms with van der Waals surface area (Å²) in [5.41, 5.74) is 1.86. The Balaban J connectivity index is 2.22. The van der Waals surface area contributed by atoms with Gasteiger partial charge in [-0.05, 0) is 18.2 Å². The normalized spacial score (nSPS) is 11.6. The van der Waals surface area contributed by atoms with E-state index in [-0.39, 0.29) is 0 Å². The maximum atomic E-state index is 6.42. The Kier molecular flexibility index (Phi) is 6.06. The van der Waals surface area contributed by atoms with Crippen molar-refractivity contribution in [3.05, 3.63) is 40.5 Å². The molecule has 0 saturated heterocycles. The highest BCUT2D eigenvalue weighted by molar-refractivity contribution is 6.39. The molecule has 0 fully saturated rings. The second-order valence-electron chi connectivity index (χ2n) is 6.46. The molecule has 0 aliphatic rings. The quantitative estimate of drug-likeness (QED) is 0.454. The largest absolute Gasteiger partial charge is 0.369 e. The zero-order valence-electron chi connectivity index (χ0n) is 15.9. The van der Waals surface area contributed by atoms with Gasteiger partial charge in [-0.2, -0.15) is 4.98 Å². The van der Waals surface area contributed by atoms with Crippen molar-refractivity contribution in [2.24, 2.45) is 9.98 Å². The molecular weight excluding hydrogens is 397 g/mol. The van der Waals surface area contributed by atoms with E-state index in [9.17, 15) is 0 Å². The molecule has 3 rings (SSSR count).